The molecule has 2 aromatic carbocycles. The van der Waals surface area contributed by atoms with E-state index in [1.807, 2.05) is 43.3 Å². The minimum atomic E-state index is -0.759. The van der Waals surface area contributed by atoms with Crippen LogP contribution in [-0.4, -0.2) is 42.1 Å². The van der Waals surface area contributed by atoms with E-state index in [0.717, 1.165) is 60.6 Å². The Morgan fingerprint density at radius 1 is 0.968 bits per heavy atom. The fourth-order valence-electron chi connectivity index (χ4n) is 3.98. The van der Waals surface area contributed by atoms with Crippen LogP contribution in [0.3, 0.4) is 0 Å². The molecule has 1 amide bonds. The van der Waals surface area contributed by atoms with E-state index in [4.69, 9.17) is 0 Å². The van der Waals surface area contributed by atoms with Crippen molar-refractivity contribution in [3.8, 4) is 0 Å². The number of rotatable bonds is 5. The van der Waals surface area contributed by atoms with Gasteiger partial charge >= 0.3 is 0 Å². The quantitative estimate of drug-likeness (QED) is 0.643. The van der Waals surface area contributed by atoms with Crippen LogP contribution in [0.2, 0.25) is 0 Å². The number of hydrogen-bond acceptors (Lipinski definition) is 5. The molecule has 6 nitrogen and oxygen atoms in total. The van der Waals surface area contributed by atoms with Gasteiger partial charge in [0.15, 0.2) is 0 Å². The summed E-state index contributed by atoms with van der Waals surface area (Å²) in [4.78, 5) is 23.6. The molecule has 0 atom stereocenters. The number of anilines is 2. The molecule has 1 saturated carbocycles. The molecule has 1 aliphatic carbocycles. The Labute approximate surface area is 179 Å². The third kappa shape index (κ3) is 4.90. The molecule has 1 fully saturated rings. The maximum atomic E-state index is 13.4. The van der Waals surface area contributed by atoms with Gasteiger partial charge in [-0.15, -0.1) is 0 Å². The fraction of sp³-hybridized carbons (Fsp3) is 0.348. The van der Waals surface area contributed by atoms with Gasteiger partial charge in [-0.25, -0.2) is 13.8 Å². The van der Waals surface area contributed by atoms with Gasteiger partial charge in [0.05, 0.1) is 5.52 Å². The van der Waals surface area contributed by atoms with Crippen LogP contribution in [0.15, 0.2) is 42.5 Å². The summed E-state index contributed by atoms with van der Waals surface area (Å²) in [5.41, 5.74) is 0.880. The van der Waals surface area contributed by atoms with Gasteiger partial charge in [-0.1, -0.05) is 12.1 Å². The van der Waals surface area contributed by atoms with E-state index in [0.29, 0.717) is 5.95 Å². The summed E-state index contributed by atoms with van der Waals surface area (Å²) in [7, 11) is 3.91. The highest BCUT2D eigenvalue weighted by atomic mass is 19.1. The third-order valence-electron chi connectivity index (χ3n) is 5.53. The van der Waals surface area contributed by atoms with Crippen LogP contribution in [0.25, 0.3) is 10.9 Å². The summed E-state index contributed by atoms with van der Waals surface area (Å²) in [5, 5.41) is 7.31. The smallest absolute Gasteiger partial charge is 0.251 e. The molecule has 1 aliphatic rings. The molecule has 0 radical (unpaired) electrons. The van der Waals surface area contributed by atoms with Crippen LogP contribution >= 0.6 is 0 Å². The number of nitrogens with zero attached hydrogens (tertiary/aromatic N) is 3. The van der Waals surface area contributed by atoms with Crippen LogP contribution in [0.5, 0.6) is 0 Å². The van der Waals surface area contributed by atoms with E-state index in [1.54, 1.807) is 0 Å². The number of hydrogen-bond donors (Lipinski definition) is 2. The van der Waals surface area contributed by atoms with Gasteiger partial charge in [0, 0.05) is 43.2 Å². The number of nitrogens with one attached hydrogen (secondary N) is 2. The first-order chi connectivity index (χ1) is 14.9. The van der Waals surface area contributed by atoms with Crippen molar-refractivity contribution >= 4 is 28.6 Å². The monoisotopic (exact) mass is 425 g/mol. The zero-order chi connectivity index (χ0) is 22.0. The maximum absolute atomic E-state index is 13.4. The second-order valence-electron chi connectivity index (χ2n) is 8.11. The summed E-state index contributed by atoms with van der Waals surface area (Å²) in [6.45, 7) is 0. The van der Waals surface area contributed by atoms with Crippen LogP contribution < -0.4 is 15.5 Å². The van der Waals surface area contributed by atoms with Crippen molar-refractivity contribution < 1.29 is 13.6 Å². The van der Waals surface area contributed by atoms with E-state index >= 15 is 0 Å². The predicted molar refractivity (Wildman–Crippen MR) is 117 cm³/mol. The van der Waals surface area contributed by atoms with Gasteiger partial charge in [-0.2, -0.15) is 4.98 Å². The predicted octanol–water partition coefficient (Wildman–Crippen LogP) is 4.13. The molecule has 0 bridgehead atoms. The molecule has 0 aliphatic heterocycles. The maximum Gasteiger partial charge on any atom is 0.251 e. The van der Waals surface area contributed by atoms with Crippen molar-refractivity contribution in [2.24, 2.45) is 0 Å². The molecule has 4 rings (SSSR count). The molecule has 31 heavy (non-hydrogen) atoms. The second-order valence-corrected chi connectivity index (χ2v) is 8.11. The molecule has 1 heterocycles. The SMILES string of the molecule is CN(C)c1nc(NC2CCC(NC(=O)c3cc(F)cc(F)c3)CC2)nc2ccccc12. The van der Waals surface area contributed by atoms with E-state index in [-0.39, 0.29) is 17.6 Å². The lowest BCUT2D eigenvalue weighted by atomic mass is 9.91. The van der Waals surface area contributed by atoms with Crippen molar-refractivity contribution in [1.29, 1.82) is 0 Å². The first kappa shape index (κ1) is 21.0. The number of amides is 1. The molecule has 1 aromatic heterocycles. The molecule has 162 valence electrons. The molecule has 0 saturated heterocycles. The Balaban J connectivity index is 1.38. The lowest BCUT2D eigenvalue weighted by Gasteiger charge is -2.30. The first-order valence-corrected chi connectivity index (χ1v) is 10.4. The number of fused-ring (bicyclic) bond motifs is 1. The van der Waals surface area contributed by atoms with E-state index in [9.17, 15) is 13.6 Å². The van der Waals surface area contributed by atoms with Gasteiger partial charge in [-0.05, 0) is 49.9 Å². The van der Waals surface area contributed by atoms with Gasteiger partial charge in [-0.3, -0.25) is 4.79 Å². The van der Waals surface area contributed by atoms with Gasteiger partial charge < -0.3 is 15.5 Å². The lowest BCUT2D eigenvalue weighted by molar-refractivity contribution is 0.0925. The Bertz CT molecular complexity index is 1080. The van der Waals surface area contributed by atoms with Crippen molar-refractivity contribution in [2.75, 3.05) is 24.3 Å². The number of halogens is 2. The average molecular weight is 425 g/mol. The Morgan fingerprint density at radius 3 is 2.29 bits per heavy atom. The molecule has 2 N–H and O–H groups in total. The molecular weight excluding hydrogens is 400 g/mol. The standard InChI is InChI=1S/C23H25F2N5O/c1-30(2)21-19-5-3-4-6-20(19)28-23(29-21)27-18-9-7-17(8-10-18)26-22(31)14-11-15(24)13-16(25)12-14/h3-6,11-13,17-18H,7-10H2,1-2H3,(H,26,31)(H,27,28,29). The Hall–Kier alpha value is -3.29. The number of benzene rings is 2. The van der Waals surface area contributed by atoms with Crippen molar-refractivity contribution in [1.82, 2.24) is 15.3 Å². The van der Waals surface area contributed by atoms with Crippen LogP contribution in [0, 0.1) is 11.6 Å². The van der Waals surface area contributed by atoms with Crippen molar-refractivity contribution in [3.05, 3.63) is 59.7 Å². The minimum Gasteiger partial charge on any atom is -0.362 e. The van der Waals surface area contributed by atoms with E-state index < -0.39 is 17.5 Å². The van der Waals surface area contributed by atoms with Gasteiger partial charge in [0.2, 0.25) is 5.95 Å². The highest BCUT2D eigenvalue weighted by Crippen LogP contribution is 2.26. The summed E-state index contributed by atoms with van der Waals surface area (Å²) >= 11 is 0. The van der Waals surface area contributed by atoms with Crippen LogP contribution in [0.4, 0.5) is 20.5 Å². The van der Waals surface area contributed by atoms with E-state index in [2.05, 4.69) is 20.6 Å². The number of para-hydroxylation sites is 1. The van der Waals surface area contributed by atoms with Crippen molar-refractivity contribution in [2.45, 2.75) is 37.8 Å². The Morgan fingerprint density at radius 2 is 1.61 bits per heavy atom. The summed E-state index contributed by atoms with van der Waals surface area (Å²) in [5.74, 6) is -0.527. The zero-order valence-corrected chi connectivity index (χ0v) is 17.5. The minimum absolute atomic E-state index is 0.00136. The van der Waals surface area contributed by atoms with E-state index in [1.165, 1.54) is 0 Å². The normalized spacial score (nSPS) is 18.6. The zero-order valence-electron chi connectivity index (χ0n) is 17.5. The highest BCUT2D eigenvalue weighted by molar-refractivity contribution is 5.94. The number of carbonyl (C=O) groups excluding carboxylic acids is 1. The summed E-state index contributed by atoms with van der Waals surface area (Å²) < 4.78 is 26.7. The first-order valence-electron chi connectivity index (χ1n) is 10.4. The molecule has 3 aromatic rings. The van der Waals surface area contributed by atoms with Gasteiger partial charge in [0.25, 0.3) is 5.91 Å². The number of aromatic nitrogens is 2. The van der Waals surface area contributed by atoms with Crippen molar-refractivity contribution in [3.63, 3.8) is 0 Å². The summed E-state index contributed by atoms with van der Waals surface area (Å²) in [6, 6.07) is 10.9. The summed E-state index contributed by atoms with van der Waals surface area (Å²) in [6.07, 6.45) is 3.18. The molecule has 0 spiro atoms. The van der Waals surface area contributed by atoms with Crippen LogP contribution in [0.1, 0.15) is 36.0 Å². The molecule has 0 unspecified atom stereocenters. The lowest BCUT2D eigenvalue weighted by Crippen LogP contribution is -2.40. The Kier molecular flexibility index (Phi) is 5.97. The average Bonchev–Trinajstić information content (AvgIpc) is 2.73. The fourth-order valence-corrected chi connectivity index (χ4v) is 3.98. The largest absolute Gasteiger partial charge is 0.362 e. The highest BCUT2D eigenvalue weighted by Gasteiger charge is 2.24. The topological polar surface area (TPSA) is 70.2 Å². The molecular formula is C23H25F2N5O. The molecule has 8 heteroatoms. The second kappa shape index (κ2) is 8.83. The van der Waals surface area contributed by atoms with Gasteiger partial charge in [0.1, 0.15) is 17.5 Å². The number of carbonyl (C=O) groups is 1. The third-order valence-corrected chi connectivity index (χ3v) is 5.53. The van der Waals surface area contributed by atoms with Crippen LogP contribution in [-0.2, 0) is 0 Å².